The van der Waals surface area contributed by atoms with Crippen LogP contribution in [0.25, 0.3) is 0 Å². The summed E-state index contributed by atoms with van der Waals surface area (Å²) in [5, 5.41) is 6.93. The van der Waals surface area contributed by atoms with E-state index in [0.717, 1.165) is 49.9 Å². The van der Waals surface area contributed by atoms with Crippen LogP contribution >= 0.6 is 11.3 Å². The molecule has 4 rings (SSSR count). The molecule has 2 aromatic rings. The van der Waals surface area contributed by atoms with Crippen LogP contribution in [-0.4, -0.2) is 43.7 Å². The molecule has 2 aliphatic rings. The van der Waals surface area contributed by atoms with E-state index < -0.39 is 0 Å². The molecule has 0 bridgehead atoms. The van der Waals surface area contributed by atoms with Gasteiger partial charge in [-0.2, -0.15) is 11.3 Å². The fourth-order valence-corrected chi connectivity index (χ4v) is 4.49. The maximum Gasteiger partial charge on any atom is 0.252 e. The molecule has 5 nitrogen and oxygen atoms in total. The van der Waals surface area contributed by atoms with Crippen molar-refractivity contribution >= 4 is 17.2 Å². The number of thiophene rings is 1. The van der Waals surface area contributed by atoms with Crippen molar-refractivity contribution in [2.75, 3.05) is 32.8 Å². The highest BCUT2D eigenvalue weighted by Crippen LogP contribution is 2.41. The largest absolute Gasteiger partial charge is 0.465 e. The molecule has 1 amide bonds. The van der Waals surface area contributed by atoms with E-state index in [-0.39, 0.29) is 11.3 Å². The summed E-state index contributed by atoms with van der Waals surface area (Å²) in [6.45, 7) is 6.88. The minimum Gasteiger partial charge on any atom is -0.465 e. The number of carbonyl (C=O) groups is 1. The summed E-state index contributed by atoms with van der Waals surface area (Å²) in [5.41, 5.74) is 0.764. The van der Waals surface area contributed by atoms with Crippen LogP contribution in [0.2, 0.25) is 0 Å². The number of likely N-dealkylation sites (tertiary alicyclic amines) is 1. The number of hydrogen-bond acceptors (Lipinski definition) is 5. The topological polar surface area (TPSA) is 54.7 Å². The van der Waals surface area contributed by atoms with Crippen LogP contribution in [-0.2, 0) is 11.3 Å². The monoisotopic (exact) mass is 346 g/mol. The Morgan fingerprint density at radius 2 is 2.38 bits per heavy atom. The van der Waals surface area contributed by atoms with Gasteiger partial charge in [-0.3, -0.25) is 9.69 Å². The Labute approximate surface area is 145 Å². The van der Waals surface area contributed by atoms with Gasteiger partial charge >= 0.3 is 0 Å². The Balaban J connectivity index is 1.40. The molecule has 6 heteroatoms. The Morgan fingerprint density at radius 3 is 3.12 bits per heavy atom. The van der Waals surface area contributed by atoms with Gasteiger partial charge in [-0.1, -0.05) is 0 Å². The van der Waals surface area contributed by atoms with Crippen molar-refractivity contribution in [1.29, 1.82) is 0 Å². The number of nitrogens with zero attached hydrogens (tertiary/aromatic N) is 1. The number of carbonyl (C=O) groups excluding carboxylic acids is 1. The third-order valence-electron chi connectivity index (χ3n) is 5.15. The van der Waals surface area contributed by atoms with E-state index in [1.165, 1.54) is 0 Å². The lowest BCUT2D eigenvalue weighted by Gasteiger charge is -2.27. The predicted octanol–water partition coefficient (Wildman–Crippen LogP) is 2.53. The van der Waals surface area contributed by atoms with Crippen LogP contribution in [0.4, 0.5) is 0 Å². The molecule has 2 fully saturated rings. The molecule has 0 saturated carbocycles. The molecule has 2 saturated heterocycles. The Bertz CT molecular complexity index is 712. The first-order valence-corrected chi connectivity index (χ1v) is 9.25. The van der Waals surface area contributed by atoms with E-state index in [4.69, 9.17) is 9.15 Å². The molecule has 2 atom stereocenters. The zero-order chi connectivity index (χ0) is 16.6. The first kappa shape index (κ1) is 15.9. The zero-order valence-electron chi connectivity index (χ0n) is 13.8. The van der Waals surface area contributed by atoms with Crippen molar-refractivity contribution in [3.8, 4) is 0 Å². The van der Waals surface area contributed by atoms with Gasteiger partial charge in [0.2, 0.25) is 0 Å². The van der Waals surface area contributed by atoms with Crippen molar-refractivity contribution in [2.24, 2.45) is 11.3 Å². The quantitative estimate of drug-likeness (QED) is 0.904. The molecule has 128 valence electrons. The number of amides is 1. The highest BCUT2D eigenvalue weighted by atomic mass is 32.1. The summed E-state index contributed by atoms with van der Waals surface area (Å²) < 4.78 is 11.4. The number of ether oxygens (including phenoxy) is 1. The fourth-order valence-electron chi connectivity index (χ4n) is 3.86. The van der Waals surface area contributed by atoms with E-state index in [1.807, 2.05) is 35.9 Å². The average molecular weight is 346 g/mol. The molecule has 4 heterocycles. The maximum absolute atomic E-state index is 12.2. The Morgan fingerprint density at radius 1 is 1.46 bits per heavy atom. The van der Waals surface area contributed by atoms with Crippen LogP contribution < -0.4 is 5.32 Å². The standard InChI is InChI=1S/C18H22N2O3S/c1-13-2-3-16(23-13)7-20-6-15-8-22-12-18(15,11-20)10-19-17(21)14-4-5-24-9-14/h2-5,9,15H,6-8,10-12H2,1H3,(H,19,21)/t15-,18+/m1/s1. The third-order valence-corrected chi connectivity index (χ3v) is 5.83. The van der Waals surface area contributed by atoms with E-state index in [2.05, 4.69) is 10.2 Å². The number of fused-ring (bicyclic) bond motifs is 1. The minimum absolute atomic E-state index is 0.0105. The fraction of sp³-hybridized carbons (Fsp3) is 0.500. The van der Waals surface area contributed by atoms with Crippen LogP contribution in [0, 0.1) is 18.3 Å². The van der Waals surface area contributed by atoms with Crippen molar-refractivity contribution in [3.63, 3.8) is 0 Å². The van der Waals surface area contributed by atoms with Gasteiger partial charge in [0.25, 0.3) is 5.91 Å². The Kier molecular flexibility index (Phi) is 4.20. The molecule has 2 aromatic heterocycles. The highest BCUT2D eigenvalue weighted by Gasteiger charge is 2.50. The third kappa shape index (κ3) is 3.01. The molecule has 1 N–H and O–H groups in total. The van der Waals surface area contributed by atoms with Crippen molar-refractivity contribution in [2.45, 2.75) is 13.5 Å². The van der Waals surface area contributed by atoms with E-state index in [9.17, 15) is 4.79 Å². The van der Waals surface area contributed by atoms with Gasteiger partial charge in [0.1, 0.15) is 11.5 Å². The van der Waals surface area contributed by atoms with Gasteiger partial charge in [-0.05, 0) is 30.5 Å². The first-order chi connectivity index (χ1) is 11.6. The highest BCUT2D eigenvalue weighted by molar-refractivity contribution is 7.08. The number of rotatable bonds is 5. The average Bonchev–Trinajstić information content (AvgIpc) is 3.29. The molecular weight excluding hydrogens is 324 g/mol. The van der Waals surface area contributed by atoms with Gasteiger partial charge in [-0.15, -0.1) is 0 Å². The lowest BCUT2D eigenvalue weighted by molar-refractivity contribution is 0.0902. The predicted molar refractivity (Wildman–Crippen MR) is 92.1 cm³/mol. The number of hydrogen-bond donors (Lipinski definition) is 1. The summed E-state index contributed by atoms with van der Waals surface area (Å²) in [6, 6.07) is 5.91. The molecule has 0 radical (unpaired) electrons. The van der Waals surface area contributed by atoms with Crippen LogP contribution in [0.3, 0.4) is 0 Å². The molecule has 0 spiro atoms. The van der Waals surface area contributed by atoms with Crippen LogP contribution in [0.1, 0.15) is 21.9 Å². The number of furan rings is 1. The summed E-state index contributed by atoms with van der Waals surface area (Å²) >= 11 is 1.54. The summed E-state index contributed by atoms with van der Waals surface area (Å²) in [5.74, 6) is 2.43. The molecule has 0 unspecified atom stereocenters. The van der Waals surface area contributed by atoms with Crippen molar-refractivity contribution in [1.82, 2.24) is 10.2 Å². The van der Waals surface area contributed by atoms with Crippen LogP contribution in [0.15, 0.2) is 33.4 Å². The summed E-state index contributed by atoms with van der Waals surface area (Å²) in [6.07, 6.45) is 0. The Hall–Kier alpha value is -1.63. The molecule has 2 aliphatic heterocycles. The first-order valence-electron chi connectivity index (χ1n) is 8.30. The van der Waals surface area contributed by atoms with Crippen molar-refractivity contribution < 1.29 is 13.9 Å². The van der Waals surface area contributed by atoms with Gasteiger partial charge in [-0.25, -0.2) is 0 Å². The molecule has 0 aliphatic carbocycles. The molecule has 24 heavy (non-hydrogen) atoms. The van der Waals surface area contributed by atoms with Crippen molar-refractivity contribution in [3.05, 3.63) is 46.0 Å². The van der Waals surface area contributed by atoms with E-state index in [1.54, 1.807) is 11.3 Å². The van der Waals surface area contributed by atoms with Crippen LogP contribution in [0.5, 0.6) is 0 Å². The smallest absolute Gasteiger partial charge is 0.252 e. The second-order valence-corrected chi connectivity index (χ2v) is 7.73. The summed E-state index contributed by atoms with van der Waals surface area (Å²) in [7, 11) is 0. The lowest BCUT2D eigenvalue weighted by atomic mass is 9.81. The zero-order valence-corrected chi connectivity index (χ0v) is 14.6. The SMILES string of the molecule is Cc1ccc(CN2C[C@@H]3COC[C@]3(CNC(=O)c3ccsc3)C2)o1. The second kappa shape index (κ2) is 6.35. The molecular formula is C18H22N2O3S. The maximum atomic E-state index is 12.2. The van der Waals surface area contributed by atoms with Gasteiger partial charge in [0.15, 0.2) is 0 Å². The summed E-state index contributed by atoms with van der Waals surface area (Å²) in [4.78, 5) is 14.7. The van der Waals surface area contributed by atoms with Gasteiger partial charge in [0, 0.05) is 41.9 Å². The number of nitrogens with one attached hydrogen (secondary N) is 1. The number of aryl methyl sites for hydroxylation is 1. The second-order valence-electron chi connectivity index (χ2n) is 6.95. The van der Waals surface area contributed by atoms with Gasteiger partial charge < -0.3 is 14.5 Å². The molecule has 0 aromatic carbocycles. The lowest BCUT2D eigenvalue weighted by Crippen LogP contribution is -2.43. The minimum atomic E-state index is 0.0105. The normalized spacial score (nSPS) is 26.6. The van der Waals surface area contributed by atoms with E-state index >= 15 is 0 Å². The van der Waals surface area contributed by atoms with E-state index in [0.29, 0.717) is 12.5 Å². The van der Waals surface area contributed by atoms with Gasteiger partial charge in [0.05, 0.1) is 19.8 Å².